The number of nitrogens with one attached hydrogen (secondary N) is 1. The van der Waals surface area contributed by atoms with E-state index in [9.17, 15) is 10.1 Å². The molecule has 0 spiro atoms. The lowest BCUT2D eigenvalue weighted by molar-refractivity contribution is -0.384. The summed E-state index contributed by atoms with van der Waals surface area (Å²) in [5.74, 6) is 0. The Morgan fingerprint density at radius 2 is 2.32 bits per heavy atom. The maximum absolute atomic E-state index is 10.9. The quantitative estimate of drug-likeness (QED) is 0.657. The summed E-state index contributed by atoms with van der Waals surface area (Å²) >= 11 is 0. The predicted octanol–water partition coefficient (Wildman–Crippen LogP) is 1.33. The van der Waals surface area contributed by atoms with Crippen molar-refractivity contribution in [1.29, 1.82) is 0 Å². The SMILES string of the molecule is CNCC1CN(c2cc(C)cc([N+](=O)[O-])c2)CCO1. The van der Waals surface area contributed by atoms with Crippen LogP contribution < -0.4 is 10.2 Å². The smallest absolute Gasteiger partial charge is 0.271 e. The topological polar surface area (TPSA) is 67.6 Å². The Morgan fingerprint density at radius 3 is 3.00 bits per heavy atom. The van der Waals surface area contributed by atoms with Crippen LogP contribution in [0.5, 0.6) is 0 Å². The number of anilines is 1. The summed E-state index contributed by atoms with van der Waals surface area (Å²) < 4.78 is 5.64. The van der Waals surface area contributed by atoms with Crippen molar-refractivity contribution in [2.75, 3.05) is 38.2 Å². The van der Waals surface area contributed by atoms with E-state index in [1.54, 1.807) is 12.1 Å². The molecular weight excluding hydrogens is 246 g/mol. The highest BCUT2D eigenvalue weighted by Gasteiger charge is 2.21. The summed E-state index contributed by atoms with van der Waals surface area (Å²) in [5.41, 5.74) is 1.95. The van der Waals surface area contributed by atoms with Crippen LogP contribution in [0.1, 0.15) is 5.56 Å². The number of nitro groups is 1. The third-order valence-corrected chi connectivity index (χ3v) is 3.19. The maximum atomic E-state index is 10.9. The largest absolute Gasteiger partial charge is 0.373 e. The lowest BCUT2D eigenvalue weighted by Crippen LogP contribution is -2.46. The number of nitro benzene ring substituents is 1. The van der Waals surface area contributed by atoms with Crippen molar-refractivity contribution >= 4 is 11.4 Å². The Bertz CT molecular complexity index is 462. The van der Waals surface area contributed by atoms with Crippen LogP contribution in [0.3, 0.4) is 0 Å². The molecule has 0 bridgehead atoms. The molecule has 1 atom stereocenters. The van der Waals surface area contributed by atoms with Gasteiger partial charge in [-0.05, 0) is 25.6 Å². The fraction of sp³-hybridized carbons (Fsp3) is 0.538. The molecule has 1 unspecified atom stereocenters. The number of aryl methyl sites for hydroxylation is 1. The minimum Gasteiger partial charge on any atom is -0.373 e. The van der Waals surface area contributed by atoms with E-state index in [4.69, 9.17) is 4.74 Å². The van der Waals surface area contributed by atoms with Crippen LogP contribution in [0, 0.1) is 17.0 Å². The molecule has 0 amide bonds. The van der Waals surface area contributed by atoms with Crippen LogP contribution in [0.15, 0.2) is 18.2 Å². The minimum absolute atomic E-state index is 0.123. The van der Waals surface area contributed by atoms with E-state index in [1.165, 1.54) is 0 Å². The first-order valence-electron chi connectivity index (χ1n) is 6.37. The van der Waals surface area contributed by atoms with Gasteiger partial charge in [0.2, 0.25) is 0 Å². The zero-order chi connectivity index (χ0) is 13.8. The molecule has 0 aliphatic carbocycles. The number of rotatable bonds is 4. The molecule has 6 heteroatoms. The molecular formula is C13H19N3O3. The molecule has 0 radical (unpaired) electrons. The van der Waals surface area contributed by atoms with E-state index < -0.39 is 0 Å². The fourth-order valence-corrected chi connectivity index (χ4v) is 2.34. The Labute approximate surface area is 112 Å². The molecule has 1 aliphatic rings. The molecule has 1 aromatic carbocycles. The van der Waals surface area contributed by atoms with Crippen molar-refractivity contribution in [2.24, 2.45) is 0 Å². The molecule has 19 heavy (non-hydrogen) atoms. The van der Waals surface area contributed by atoms with Gasteiger partial charge in [-0.2, -0.15) is 0 Å². The van der Waals surface area contributed by atoms with E-state index >= 15 is 0 Å². The standard InChI is InChI=1S/C13H19N3O3/c1-10-5-11(7-12(6-10)16(17)18)15-3-4-19-13(9-15)8-14-2/h5-7,13-14H,3-4,8-9H2,1-2H3. The molecule has 1 aliphatic heterocycles. The van der Waals surface area contributed by atoms with Crippen molar-refractivity contribution in [3.8, 4) is 0 Å². The summed E-state index contributed by atoms with van der Waals surface area (Å²) in [7, 11) is 1.89. The second-order valence-electron chi connectivity index (χ2n) is 4.78. The highest BCUT2D eigenvalue weighted by molar-refractivity contribution is 5.56. The first-order valence-corrected chi connectivity index (χ1v) is 6.37. The second kappa shape index (κ2) is 5.99. The second-order valence-corrected chi connectivity index (χ2v) is 4.78. The minimum atomic E-state index is -0.345. The number of hydrogen-bond acceptors (Lipinski definition) is 5. The molecule has 104 valence electrons. The summed E-state index contributed by atoms with van der Waals surface area (Å²) in [6.45, 7) is 4.82. The first-order chi connectivity index (χ1) is 9.10. The third kappa shape index (κ3) is 3.42. The van der Waals surface area contributed by atoms with E-state index in [2.05, 4.69) is 10.2 Å². The normalized spacial score (nSPS) is 19.5. The molecule has 0 aromatic heterocycles. The number of hydrogen-bond donors (Lipinski definition) is 1. The van der Waals surface area contributed by atoms with Gasteiger partial charge in [-0.15, -0.1) is 0 Å². The lowest BCUT2D eigenvalue weighted by Gasteiger charge is -2.34. The molecule has 1 N–H and O–H groups in total. The molecule has 2 rings (SSSR count). The van der Waals surface area contributed by atoms with Gasteiger partial charge < -0.3 is 15.0 Å². The van der Waals surface area contributed by atoms with Crippen LogP contribution in [-0.4, -0.2) is 44.3 Å². The highest BCUT2D eigenvalue weighted by Crippen LogP contribution is 2.25. The summed E-state index contributed by atoms with van der Waals surface area (Å²) in [4.78, 5) is 12.7. The Hall–Kier alpha value is -1.66. The van der Waals surface area contributed by atoms with E-state index in [0.29, 0.717) is 6.61 Å². The Morgan fingerprint density at radius 1 is 1.53 bits per heavy atom. The lowest BCUT2D eigenvalue weighted by atomic mass is 10.1. The van der Waals surface area contributed by atoms with Crippen molar-refractivity contribution in [3.63, 3.8) is 0 Å². The molecule has 1 heterocycles. The van der Waals surface area contributed by atoms with Crippen molar-refractivity contribution in [3.05, 3.63) is 33.9 Å². The van der Waals surface area contributed by atoms with Gasteiger partial charge in [0.05, 0.1) is 17.6 Å². The van der Waals surface area contributed by atoms with Gasteiger partial charge in [0.1, 0.15) is 0 Å². The van der Waals surface area contributed by atoms with Gasteiger partial charge in [0, 0.05) is 37.5 Å². The van der Waals surface area contributed by atoms with Crippen LogP contribution in [-0.2, 0) is 4.74 Å². The average molecular weight is 265 g/mol. The van der Waals surface area contributed by atoms with E-state index in [1.807, 2.05) is 20.0 Å². The number of non-ortho nitro benzene ring substituents is 1. The van der Waals surface area contributed by atoms with Gasteiger partial charge in [-0.3, -0.25) is 10.1 Å². The predicted molar refractivity (Wildman–Crippen MR) is 73.7 cm³/mol. The number of morpholine rings is 1. The van der Waals surface area contributed by atoms with Gasteiger partial charge in [-0.25, -0.2) is 0 Å². The molecule has 1 saturated heterocycles. The van der Waals surface area contributed by atoms with Crippen LogP contribution in [0.4, 0.5) is 11.4 Å². The summed E-state index contributed by atoms with van der Waals surface area (Å²) in [6, 6.07) is 5.21. The number of ether oxygens (including phenoxy) is 1. The number of likely N-dealkylation sites (N-methyl/N-ethyl adjacent to an activating group) is 1. The van der Waals surface area contributed by atoms with Crippen molar-refractivity contribution < 1.29 is 9.66 Å². The molecule has 6 nitrogen and oxygen atoms in total. The van der Waals surface area contributed by atoms with E-state index in [0.717, 1.165) is 30.9 Å². The summed E-state index contributed by atoms with van der Waals surface area (Å²) in [5, 5.41) is 14.0. The van der Waals surface area contributed by atoms with Gasteiger partial charge in [0.25, 0.3) is 5.69 Å². The zero-order valence-corrected chi connectivity index (χ0v) is 11.3. The molecule has 1 aromatic rings. The Balaban J connectivity index is 2.18. The van der Waals surface area contributed by atoms with Gasteiger partial charge in [0.15, 0.2) is 0 Å². The van der Waals surface area contributed by atoms with E-state index in [-0.39, 0.29) is 16.7 Å². The molecule has 0 saturated carbocycles. The third-order valence-electron chi connectivity index (χ3n) is 3.19. The van der Waals surface area contributed by atoms with Crippen LogP contribution in [0.2, 0.25) is 0 Å². The average Bonchev–Trinajstić information content (AvgIpc) is 2.38. The van der Waals surface area contributed by atoms with Crippen molar-refractivity contribution in [1.82, 2.24) is 5.32 Å². The highest BCUT2D eigenvalue weighted by atomic mass is 16.6. The number of nitrogens with zero attached hydrogens (tertiary/aromatic N) is 2. The number of benzene rings is 1. The van der Waals surface area contributed by atoms with Gasteiger partial charge in [-0.1, -0.05) is 0 Å². The Kier molecular flexibility index (Phi) is 4.34. The fourth-order valence-electron chi connectivity index (χ4n) is 2.34. The van der Waals surface area contributed by atoms with Crippen LogP contribution >= 0.6 is 0 Å². The monoisotopic (exact) mass is 265 g/mol. The van der Waals surface area contributed by atoms with Crippen LogP contribution in [0.25, 0.3) is 0 Å². The zero-order valence-electron chi connectivity index (χ0n) is 11.3. The van der Waals surface area contributed by atoms with Gasteiger partial charge >= 0.3 is 0 Å². The maximum Gasteiger partial charge on any atom is 0.271 e. The summed E-state index contributed by atoms with van der Waals surface area (Å²) in [6.07, 6.45) is 0.123. The molecule has 1 fully saturated rings. The first kappa shape index (κ1) is 13.8. The van der Waals surface area contributed by atoms with Crippen molar-refractivity contribution in [2.45, 2.75) is 13.0 Å².